The number of hydrogen-bond donors (Lipinski definition) is 1. The van der Waals surface area contributed by atoms with Crippen molar-refractivity contribution in [2.45, 2.75) is 43.9 Å². The largest absolute Gasteiger partial charge is 0.292 e. The molecule has 0 bridgehead atoms. The van der Waals surface area contributed by atoms with Gasteiger partial charge < -0.3 is 0 Å². The molecule has 2 rings (SSSR count). The molecule has 1 saturated carbocycles. The van der Waals surface area contributed by atoms with E-state index in [1.807, 2.05) is 19.2 Å². The third kappa shape index (κ3) is 3.30. The quantitative estimate of drug-likeness (QED) is 0.552. The summed E-state index contributed by atoms with van der Waals surface area (Å²) in [5.74, 6) is 0. The number of nitrogens with zero attached hydrogens (tertiary/aromatic N) is 1. The maximum absolute atomic E-state index is 4.51. The minimum atomic E-state index is 0.614. The molecule has 0 N–H and O–H groups in total. The summed E-state index contributed by atoms with van der Waals surface area (Å²) in [6, 6.07) is 6.18. The molecule has 0 saturated heterocycles. The molecule has 0 amide bonds. The van der Waals surface area contributed by atoms with Crippen molar-refractivity contribution < 1.29 is 0 Å². The van der Waals surface area contributed by atoms with E-state index in [4.69, 9.17) is 0 Å². The van der Waals surface area contributed by atoms with Crippen molar-refractivity contribution in [3.05, 3.63) is 35.9 Å². The van der Waals surface area contributed by atoms with Crippen molar-refractivity contribution in [1.82, 2.24) is 0 Å². The minimum absolute atomic E-state index is 0.614. The maximum atomic E-state index is 4.51. The highest BCUT2D eigenvalue weighted by Crippen LogP contribution is 2.52. The second kappa shape index (κ2) is 5.96. The lowest BCUT2D eigenvalue weighted by Crippen LogP contribution is -2.08. The Labute approximate surface area is 122 Å². The fourth-order valence-corrected chi connectivity index (χ4v) is 2.88. The summed E-state index contributed by atoms with van der Waals surface area (Å²) in [5.41, 5.74) is 4.14. The van der Waals surface area contributed by atoms with Crippen molar-refractivity contribution in [3.8, 4) is 0 Å². The lowest BCUT2D eigenvalue weighted by atomic mass is 9.92. The molecule has 0 spiro atoms. The molecular formula is C17H23NS. The first kappa shape index (κ1) is 14.4. The van der Waals surface area contributed by atoms with Gasteiger partial charge in [-0.1, -0.05) is 32.1 Å². The summed E-state index contributed by atoms with van der Waals surface area (Å²) in [7, 11) is 1.89. The van der Waals surface area contributed by atoms with Gasteiger partial charge in [0.2, 0.25) is 0 Å². The number of thiol groups is 1. The van der Waals surface area contributed by atoms with Crippen LogP contribution in [-0.4, -0.2) is 12.8 Å². The summed E-state index contributed by atoms with van der Waals surface area (Å²) in [6.45, 7) is 6.20. The van der Waals surface area contributed by atoms with E-state index in [-0.39, 0.29) is 0 Å². The summed E-state index contributed by atoms with van der Waals surface area (Å²) < 4.78 is 0. The maximum Gasteiger partial charge on any atom is 0.0423 e. The second-order valence-corrected chi connectivity index (χ2v) is 6.02. The molecule has 1 aromatic carbocycles. The summed E-state index contributed by atoms with van der Waals surface area (Å²) >= 11 is 4.44. The Bertz CT molecular complexity index is 498. The molecule has 0 aromatic heterocycles. The standard InChI is InChI=1S/C17H23NS/c1-4-13-6-7-14(19)12-15(13)16(18-3)8-9-17(5-2)10-11-17/h4,6-7,12,19H,1,5,8-11H2,2-3H3/b18-16-. The highest BCUT2D eigenvalue weighted by molar-refractivity contribution is 7.80. The Balaban J connectivity index is 2.18. The number of rotatable bonds is 6. The Morgan fingerprint density at radius 2 is 2.21 bits per heavy atom. The first-order chi connectivity index (χ1) is 9.14. The lowest BCUT2D eigenvalue weighted by Gasteiger charge is -2.15. The van der Waals surface area contributed by atoms with Crippen molar-refractivity contribution in [1.29, 1.82) is 0 Å². The highest BCUT2D eigenvalue weighted by atomic mass is 32.1. The van der Waals surface area contributed by atoms with E-state index in [0.717, 1.165) is 16.9 Å². The van der Waals surface area contributed by atoms with Gasteiger partial charge in [-0.2, -0.15) is 0 Å². The smallest absolute Gasteiger partial charge is 0.0423 e. The second-order valence-electron chi connectivity index (χ2n) is 5.50. The van der Waals surface area contributed by atoms with Gasteiger partial charge in [0.25, 0.3) is 0 Å². The van der Waals surface area contributed by atoms with Crippen LogP contribution in [-0.2, 0) is 0 Å². The zero-order valence-electron chi connectivity index (χ0n) is 11.9. The topological polar surface area (TPSA) is 12.4 Å². The molecule has 0 radical (unpaired) electrons. The fourth-order valence-electron chi connectivity index (χ4n) is 2.68. The van der Waals surface area contributed by atoms with Crippen LogP contribution in [0.3, 0.4) is 0 Å². The van der Waals surface area contributed by atoms with Crippen LogP contribution >= 0.6 is 12.6 Å². The first-order valence-corrected chi connectivity index (χ1v) is 7.50. The van der Waals surface area contributed by atoms with E-state index >= 15 is 0 Å². The third-order valence-electron chi connectivity index (χ3n) is 4.44. The van der Waals surface area contributed by atoms with Gasteiger partial charge in [0.05, 0.1) is 0 Å². The average Bonchev–Trinajstić information content (AvgIpc) is 3.20. The molecule has 0 atom stereocenters. The molecule has 1 aliphatic rings. The Morgan fingerprint density at radius 3 is 2.74 bits per heavy atom. The number of aliphatic imine (C=N–C) groups is 1. The van der Waals surface area contributed by atoms with Crippen LogP contribution in [0, 0.1) is 5.41 Å². The molecule has 1 fully saturated rings. The van der Waals surface area contributed by atoms with Gasteiger partial charge in [0.15, 0.2) is 0 Å². The van der Waals surface area contributed by atoms with E-state index in [2.05, 4.69) is 43.3 Å². The molecule has 0 unspecified atom stereocenters. The molecule has 1 nitrogen and oxygen atoms in total. The average molecular weight is 273 g/mol. The van der Waals surface area contributed by atoms with Gasteiger partial charge in [0.1, 0.15) is 0 Å². The first-order valence-electron chi connectivity index (χ1n) is 7.05. The number of hydrogen-bond acceptors (Lipinski definition) is 2. The summed E-state index contributed by atoms with van der Waals surface area (Å²) in [5, 5.41) is 0. The normalized spacial score (nSPS) is 17.3. The van der Waals surface area contributed by atoms with Crippen LogP contribution in [0.25, 0.3) is 6.08 Å². The molecule has 0 aliphatic heterocycles. The predicted molar refractivity (Wildman–Crippen MR) is 87.4 cm³/mol. The van der Waals surface area contributed by atoms with Crippen molar-refractivity contribution in [3.63, 3.8) is 0 Å². The predicted octanol–water partition coefficient (Wildman–Crippen LogP) is 5.01. The van der Waals surface area contributed by atoms with Crippen LogP contribution in [0.2, 0.25) is 0 Å². The molecule has 1 aliphatic carbocycles. The van der Waals surface area contributed by atoms with Crippen molar-refractivity contribution in [2.75, 3.05) is 7.05 Å². The zero-order chi connectivity index (χ0) is 13.9. The van der Waals surface area contributed by atoms with Gasteiger partial charge >= 0.3 is 0 Å². The van der Waals surface area contributed by atoms with Crippen LogP contribution < -0.4 is 0 Å². The van der Waals surface area contributed by atoms with E-state index in [1.54, 1.807) is 0 Å². The van der Waals surface area contributed by atoms with Gasteiger partial charge in [-0.15, -0.1) is 12.6 Å². The molecule has 19 heavy (non-hydrogen) atoms. The molecule has 102 valence electrons. The monoisotopic (exact) mass is 273 g/mol. The Morgan fingerprint density at radius 1 is 1.47 bits per heavy atom. The molecule has 0 heterocycles. The lowest BCUT2D eigenvalue weighted by molar-refractivity contribution is 0.460. The van der Waals surface area contributed by atoms with Crippen LogP contribution in [0.4, 0.5) is 0 Å². The van der Waals surface area contributed by atoms with E-state index in [1.165, 1.54) is 37.0 Å². The SMILES string of the molecule is C=Cc1ccc(S)cc1/C(CCC1(CC)CC1)=N\C. The Kier molecular flexibility index (Phi) is 4.51. The fraction of sp³-hybridized carbons (Fsp3) is 0.471. The van der Waals surface area contributed by atoms with E-state index < -0.39 is 0 Å². The summed E-state index contributed by atoms with van der Waals surface area (Å²) in [4.78, 5) is 5.49. The van der Waals surface area contributed by atoms with E-state index in [9.17, 15) is 0 Å². The third-order valence-corrected chi connectivity index (χ3v) is 4.72. The molecule has 2 heteroatoms. The molecular weight excluding hydrogens is 250 g/mol. The van der Waals surface area contributed by atoms with Gasteiger partial charge in [-0.05, 0) is 48.8 Å². The van der Waals surface area contributed by atoms with Crippen LogP contribution in [0.5, 0.6) is 0 Å². The summed E-state index contributed by atoms with van der Waals surface area (Å²) in [6.07, 6.45) is 8.29. The van der Waals surface area contributed by atoms with E-state index in [0.29, 0.717) is 5.41 Å². The van der Waals surface area contributed by atoms with Gasteiger partial charge in [-0.3, -0.25) is 4.99 Å². The minimum Gasteiger partial charge on any atom is -0.292 e. The van der Waals surface area contributed by atoms with Gasteiger partial charge in [0, 0.05) is 23.2 Å². The van der Waals surface area contributed by atoms with Crippen LogP contribution in [0.1, 0.15) is 50.2 Å². The van der Waals surface area contributed by atoms with Gasteiger partial charge in [-0.25, -0.2) is 0 Å². The zero-order valence-corrected chi connectivity index (χ0v) is 12.8. The Hall–Kier alpha value is -1.02. The number of benzene rings is 1. The highest BCUT2D eigenvalue weighted by Gasteiger charge is 2.40. The van der Waals surface area contributed by atoms with Crippen molar-refractivity contribution in [2.24, 2.45) is 10.4 Å². The van der Waals surface area contributed by atoms with Crippen molar-refractivity contribution >= 4 is 24.4 Å². The van der Waals surface area contributed by atoms with Crippen LogP contribution in [0.15, 0.2) is 34.7 Å². The molecule has 1 aromatic rings.